The van der Waals surface area contributed by atoms with Crippen LogP contribution in [0.4, 0.5) is 0 Å². The van der Waals surface area contributed by atoms with Crippen molar-refractivity contribution in [3.05, 3.63) is 97.2 Å². The van der Waals surface area contributed by atoms with Gasteiger partial charge in [-0.15, -0.1) is 0 Å². The van der Waals surface area contributed by atoms with Crippen molar-refractivity contribution in [1.82, 2.24) is 0 Å². The number of aliphatic hydroxyl groups is 2. The Morgan fingerprint density at radius 3 is 1.28 bits per heavy atom. The summed E-state index contributed by atoms with van der Waals surface area (Å²) in [4.78, 5) is 51.2. The molecular formula is C67H110O12. The van der Waals surface area contributed by atoms with E-state index in [4.69, 9.17) is 23.7 Å². The summed E-state index contributed by atoms with van der Waals surface area (Å²) in [5.41, 5.74) is 0. The van der Waals surface area contributed by atoms with Crippen LogP contribution < -0.4 is 0 Å². The Morgan fingerprint density at radius 1 is 0.430 bits per heavy atom. The quantitative estimate of drug-likeness (QED) is 0.0228. The van der Waals surface area contributed by atoms with Gasteiger partial charge in [0.05, 0.1) is 6.61 Å². The van der Waals surface area contributed by atoms with Crippen LogP contribution in [0.3, 0.4) is 0 Å². The fraction of sp³-hybridized carbons (Fsp3) is 0.701. The van der Waals surface area contributed by atoms with Crippen LogP contribution in [0.15, 0.2) is 97.2 Å². The first kappa shape index (κ1) is 72.7. The van der Waals surface area contributed by atoms with Gasteiger partial charge in [0.2, 0.25) is 0 Å². The van der Waals surface area contributed by atoms with Gasteiger partial charge in [-0.25, -0.2) is 4.79 Å². The lowest BCUT2D eigenvalue weighted by Gasteiger charge is -2.40. The first-order valence-corrected chi connectivity index (χ1v) is 31.2. The normalized spacial score (nSPS) is 18.5. The molecule has 12 nitrogen and oxygen atoms in total. The van der Waals surface area contributed by atoms with Crippen LogP contribution in [0.5, 0.6) is 0 Å². The molecule has 0 saturated carbocycles. The number of hydrogen-bond acceptors (Lipinski definition) is 11. The molecule has 0 aromatic rings. The SMILES string of the molecule is CC/C=C\C/C=C\C/C=C\C/C=C\C/C=C\CCCCCC(=O)OCC(COC1OC(C(=O)O)C(O)C(O)C1OC(=O)CCCCCCC/C=C\CCCC)OC(=O)CCCCCCCCCCC/C=C\C/C=C\CCCCC. The van der Waals surface area contributed by atoms with Gasteiger partial charge in [-0.2, -0.15) is 0 Å². The monoisotopic (exact) mass is 1110 g/mol. The average molecular weight is 1110 g/mol. The minimum atomic E-state index is -1.91. The van der Waals surface area contributed by atoms with Crippen LogP contribution in [-0.2, 0) is 42.9 Å². The molecule has 6 unspecified atom stereocenters. The number of aliphatic carboxylic acids is 1. The van der Waals surface area contributed by atoms with Gasteiger partial charge < -0.3 is 39.0 Å². The number of ether oxygens (including phenoxy) is 5. The summed E-state index contributed by atoms with van der Waals surface area (Å²) >= 11 is 0. The predicted octanol–water partition coefficient (Wildman–Crippen LogP) is 16.5. The molecule has 1 aliphatic heterocycles. The van der Waals surface area contributed by atoms with E-state index < -0.39 is 67.3 Å². The Balaban J connectivity index is 2.69. The number of aliphatic hydroxyl groups excluding tert-OH is 2. The summed E-state index contributed by atoms with van der Waals surface area (Å²) < 4.78 is 28.4. The lowest BCUT2D eigenvalue weighted by Crippen LogP contribution is -2.61. The highest BCUT2D eigenvalue weighted by Crippen LogP contribution is 2.26. The fourth-order valence-corrected chi connectivity index (χ4v) is 8.82. The maximum atomic E-state index is 13.2. The summed E-state index contributed by atoms with van der Waals surface area (Å²) in [6.45, 7) is 5.78. The van der Waals surface area contributed by atoms with Crippen LogP contribution in [0.2, 0.25) is 0 Å². The van der Waals surface area contributed by atoms with Crippen molar-refractivity contribution >= 4 is 23.9 Å². The third-order valence-electron chi connectivity index (χ3n) is 13.6. The van der Waals surface area contributed by atoms with Crippen molar-refractivity contribution in [2.75, 3.05) is 13.2 Å². The summed E-state index contributed by atoms with van der Waals surface area (Å²) in [6.07, 6.45) is 59.5. The third kappa shape index (κ3) is 44.0. The van der Waals surface area contributed by atoms with Crippen molar-refractivity contribution in [2.45, 2.75) is 289 Å². The molecule has 0 bridgehead atoms. The molecule has 79 heavy (non-hydrogen) atoms. The molecule has 3 N–H and O–H groups in total. The second kappa shape index (κ2) is 54.2. The van der Waals surface area contributed by atoms with Crippen LogP contribution in [0.1, 0.15) is 252 Å². The molecule has 0 aromatic heterocycles. The molecule has 1 rings (SSSR count). The molecule has 6 atom stereocenters. The number of carboxylic acids is 1. The lowest BCUT2D eigenvalue weighted by molar-refractivity contribution is -0.301. The Bertz CT molecular complexity index is 1740. The van der Waals surface area contributed by atoms with Crippen molar-refractivity contribution in [3.63, 3.8) is 0 Å². The zero-order chi connectivity index (χ0) is 57.5. The van der Waals surface area contributed by atoms with E-state index in [9.17, 15) is 34.5 Å². The number of rotatable bonds is 52. The summed E-state index contributed by atoms with van der Waals surface area (Å²) in [7, 11) is 0. The summed E-state index contributed by atoms with van der Waals surface area (Å²) in [6, 6.07) is 0. The zero-order valence-electron chi connectivity index (χ0n) is 49.6. The van der Waals surface area contributed by atoms with Gasteiger partial charge in [-0.1, -0.05) is 214 Å². The number of allylic oxidation sites excluding steroid dienone is 16. The van der Waals surface area contributed by atoms with Crippen molar-refractivity contribution in [2.24, 2.45) is 0 Å². The van der Waals surface area contributed by atoms with E-state index in [2.05, 4.69) is 118 Å². The smallest absolute Gasteiger partial charge is 0.335 e. The van der Waals surface area contributed by atoms with Crippen molar-refractivity contribution in [1.29, 1.82) is 0 Å². The average Bonchev–Trinajstić information content (AvgIpc) is 3.47. The molecule has 1 aliphatic rings. The molecule has 0 radical (unpaired) electrons. The van der Waals surface area contributed by atoms with Gasteiger partial charge in [-0.05, 0) is 116 Å². The van der Waals surface area contributed by atoms with Crippen LogP contribution >= 0.6 is 0 Å². The topological polar surface area (TPSA) is 175 Å². The fourth-order valence-electron chi connectivity index (χ4n) is 8.82. The second-order valence-electron chi connectivity index (χ2n) is 20.9. The molecule has 0 amide bonds. The molecule has 0 spiro atoms. The number of hydrogen-bond donors (Lipinski definition) is 3. The van der Waals surface area contributed by atoms with E-state index in [0.717, 1.165) is 128 Å². The molecule has 0 aromatic carbocycles. The van der Waals surface area contributed by atoms with Crippen LogP contribution in [0, 0.1) is 0 Å². The first-order chi connectivity index (χ1) is 38.6. The highest BCUT2D eigenvalue weighted by atomic mass is 16.7. The molecule has 1 saturated heterocycles. The Hall–Kier alpha value is -4.36. The molecule has 450 valence electrons. The summed E-state index contributed by atoms with van der Waals surface area (Å²) in [5, 5.41) is 31.5. The van der Waals surface area contributed by atoms with Gasteiger partial charge in [0.1, 0.15) is 18.8 Å². The van der Waals surface area contributed by atoms with E-state index >= 15 is 0 Å². The number of carboxylic acid groups (broad SMARTS) is 1. The van der Waals surface area contributed by atoms with Crippen LogP contribution in [-0.4, -0.2) is 89.2 Å². The minimum Gasteiger partial charge on any atom is -0.479 e. The van der Waals surface area contributed by atoms with E-state index in [0.29, 0.717) is 19.3 Å². The molecule has 12 heteroatoms. The van der Waals surface area contributed by atoms with E-state index in [-0.39, 0.29) is 25.9 Å². The Kier molecular flexibility index (Phi) is 49.9. The third-order valence-corrected chi connectivity index (χ3v) is 13.6. The zero-order valence-corrected chi connectivity index (χ0v) is 49.6. The highest BCUT2D eigenvalue weighted by Gasteiger charge is 2.50. The van der Waals surface area contributed by atoms with E-state index in [1.807, 2.05) is 0 Å². The number of esters is 3. The van der Waals surface area contributed by atoms with Gasteiger partial charge in [0.25, 0.3) is 0 Å². The van der Waals surface area contributed by atoms with Crippen LogP contribution in [0.25, 0.3) is 0 Å². The van der Waals surface area contributed by atoms with Gasteiger partial charge in [-0.3, -0.25) is 14.4 Å². The highest BCUT2D eigenvalue weighted by molar-refractivity contribution is 5.74. The summed E-state index contributed by atoms with van der Waals surface area (Å²) in [5.74, 6) is -3.18. The second-order valence-corrected chi connectivity index (χ2v) is 20.9. The minimum absolute atomic E-state index is 0.0425. The number of unbranched alkanes of at least 4 members (excludes halogenated alkanes) is 22. The maximum absolute atomic E-state index is 13.2. The molecule has 0 aliphatic carbocycles. The van der Waals surface area contributed by atoms with Gasteiger partial charge >= 0.3 is 23.9 Å². The molecular weight excluding hydrogens is 997 g/mol. The molecule has 1 fully saturated rings. The van der Waals surface area contributed by atoms with Gasteiger partial charge in [0, 0.05) is 19.3 Å². The number of carbonyl (C=O) groups excluding carboxylic acids is 3. The predicted molar refractivity (Wildman–Crippen MR) is 321 cm³/mol. The Morgan fingerprint density at radius 2 is 0.810 bits per heavy atom. The maximum Gasteiger partial charge on any atom is 0.335 e. The standard InChI is InChI=1S/C67H110O12/c1-4-7-10-13-16-19-22-24-26-28-30-32-34-36-39-41-44-47-50-53-59(68)75-56-58(77-60(69)54-51-48-45-43-40-37-35-33-31-29-27-25-23-20-17-14-11-8-5-2)57-76-67-65(63(72)62(71)64(79-67)66(73)74)78-61(70)55-52-49-46-42-38-21-18-15-12-9-6-3/h7,10,15-20,24-27,30,32,36,39,58,62-65,67,71-72H,4-6,8-9,11-14,21-23,28-29,31,33-35,37-38,40-57H2,1-3H3,(H,73,74)/b10-7-,18-15-,19-16-,20-17-,26-24-,27-25-,32-30-,39-36-. The molecule has 1 heterocycles. The van der Waals surface area contributed by atoms with Gasteiger partial charge in [0.15, 0.2) is 24.6 Å². The van der Waals surface area contributed by atoms with Crippen molar-refractivity contribution in [3.8, 4) is 0 Å². The lowest BCUT2D eigenvalue weighted by atomic mass is 9.98. The number of carbonyl (C=O) groups is 4. The Labute approximate surface area is 479 Å². The largest absolute Gasteiger partial charge is 0.479 e. The van der Waals surface area contributed by atoms with E-state index in [1.54, 1.807) is 0 Å². The first-order valence-electron chi connectivity index (χ1n) is 31.2. The van der Waals surface area contributed by atoms with E-state index in [1.165, 1.54) is 64.2 Å². The van der Waals surface area contributed by atoms with Crippen molar-refractivity contribution < 1.29 is 58.2 Å².